The fraction of sp³-hybridized carbons (Fsp3) is 0.353. The number of aromatic nitrogens is 1. The summed E-state index contributed by atoms with van der Waals surface area (Å²) in [6.45, 7) is 5.21. The Labute approximate surface area is 124 Å². The van der Waals surface area contributed by atoms with Crippen LogP contribution in [-0.2, 0) is 11.3 Å². The molecule has 0 fully saturated rings. The van der Waals surface area contributed by atoms with Gasteiger partial charge in [0.25, 0.3) is 0 Å². The van der Waals surface area contributed by atoms with E-state index < -0.39 is 5.97 Å². The summed E-state index contributed by atoms with van der Waals surface area (Å²) in [7, 11) is 0. The molecule has 0 atom stereocenters. The van der Waals surface area contributed by atoms with Gasteiger partial charge in [-0.05, 0) is 37.1 Å². The monoisotopic (exact) mass is 287 g/mol. The largest absolute Gasteiger partial charge is 0.494 e. The molecule has 0 aliphatic carbocycles. The number of hydrogen-bond acceptors (Lipinski definition) is 2. The van der Waals surface area contributed by atoms with Gasteiger partial charge >= 0.3 is 5.97 Å². The van der Waals surface area contributed by atoms with Crippen LogP contribution >= 0.6 is 0 Å². The van der Waals surface area contributed by atoms with Crippen LogP contribution in [0.3, 0.4) is 0 Å². The second kappa shape index (κ2) is 6.97. The third kappa shape index (κ3) is 3.66. The van der Waals surface area contributed by atoms with Gasteiger partial charge in [-0.1, -0.05) is 19.9 Å². The first-order valence-corrected chi connectivity index (χ1v) is 7.29. The predicted octanol–water partition coefficient (Wildman–Crippen LogP) is 3.85. The lowest BCUT2D eigenvalue weighted by molar-refractivity contribution is -0.132. The van der Waals surface area contributed by atoms with Gasteiger partial charge in [0.1, 0.15) is 5.75 Å². The normalized spacial score (nSPS) is 11.8. The van der Waals surface area contributed by atoms with E-state index in [2.05, 4.69) is 6.92 Å². The molecule has 1 aromatic carbocycles. The van der Waals surface area contributed by atoms with Crippen molar-refractivity contribution in [3.63, 3.8) is 0 Å². The summed E-state index contributed by atoms with van der Waals surface area (Å²) in [4.78, 5) is 11.0. The van der Waals surface area contributed by atoms with E-state index in [0.717, 1.165) is 23.1 Å². The minimum absolute atomic E-state index is 0.444. The second-order valence-electron chi connectivity index (χ2n) is 4.93. The Morgan fingerprint density at radius 3 is 2.81 bits per heavy atom. The molecule has 4 nitrogen and oxygen atoms in total. The van der Waals surface area contributed by atoms with Gasteiger partial charge < -0.3 is 14.4 Å². The van der Waals surface area contributed by atoms with E-state index >= 15 is 0 Å². The maximum absolute atomic E-state index is 11.0. The van der Waals surface area contributed by atoms with Gasteiger partial charge in [0.15, 0.2) is 0 Å². The van der Waals surface area contributed by atoms with Crippen LogP contribution in [-0.4, -0.2) is 22.2 Å². The van der Waals surface area contributed by atoms with Crippen molar-refractivity contribution in [1.29, 1.82) is 0 Å². The summed E-state index contributed by atoms with van der Waals surface area (Å²) >= 11 is 0. The number of carbonyl (C=O) groups is 1. The van der Waals surface area contributed by atoms with Crippen molar-refractivity contribution in [3.8, 4) is 5.75 Å². The van der Waals surface area contributed by atoms with Crippen molar-refractivity contribution in [2.45, 2.75) is 33.2 Å². The molecular formula is C17H21NO3. The quantitative estimate of drug-likeness (QED) is 0.787. The van der Waals surface area contributed by atoms with Crippen molar-refractivity contribution in [1.82, 2.24) is 4.57 Å². The molecule has 0 amide bonds. The van der Waals surface area contributed by atoms with Crippen LogP contribution in [0.15, 0.2) is 42.1 Å². The molecule has 1 N–H and O–H groups in total. The van der Waals surface area contributed by atoms with Crippen LogP contribution < -0.4 is 4.74 Å². The van der Waals surface area contributed by atoms with Crippen molar-refractivity contribution < 1.29 is 14.6 Å². The van der Waals surface area contributed by atoms with E-state index in [4.69, 9.17) is 9.84 Å². The Balaban J connectivity index is 2.20. The van der Waals surface area contributed by atoms with Crippen LogP contribution in [0.2, 0.25) is 0 Å². The van der Waals surface area contributed by atoms with E-state index in [0.29, 0.717) is 25.1 Å². The van der Waals surface area contributed by atoms with Crippen LogP contribution in [0, 0.1) is 0 Å². The molecule has 112 valence electrons. The molecule has 0 aliphatic heterocycles. The summed E-state index contributed by atoms with van der Waals surface area (Å²) in [6.07, 6.45) is 5.26. The molecule has 0 bridgehead atoms. The molecule has 2 aromatic rings. The first-order valence-electron chi connectivity index (χ1n) is 7.29. The maximum atomic E-state index is 11.0. The Hall–Kier alpha value is -2.23. The van der Waals surface area contributed by atoms with Crippen molar-refractivity contribution in [3.05, 3.63) is 42.1 Å². The first kappa shape index (κ1) is 15.2. The fourth-order valence-electron chi connectivity index (χ4n) is 2.24. The first-order chi connectivity index (χ1) is 10.2. The third-order valence-electron chi connectivity index (χ3n) is 3.41. The van der Waals surface area contributed by atoms with Crippen molar-refractivity contribution in [2.75, 3.05) is 6.61 Å². The number of ether oxygens (including phenoxy) is 1. The molecular weight excluding hydrogens is 266 g/mol. The lowest BCUT2D eigenvalue weighted by Crippen LogP contribution is -2.02. The topological polar surface area (TPSA) is 51.5 Å². The summed E-state index contributed by atoms with van der Waals surface area (Å²) in [6, 6.07) is 8.01. The molecule has 4 heteroatoms. The number of hydrogen-bond donors (Lipinski definition) is 1. The van der Waals surface area contributed by atoms with Gasteiger partial charge in [0, 0.05) is 29.2 Å². The van der Waals surface area contributed by atoms with E-state index in [-0.39, 0.29) is 0 Å². The third-order valence-corrected chi connectivity index (χ3v) is 3.41. The van der Waals surface area contributed by atoms with Gasteiger partial charge in [0.05, 0.1) is 6.61 Å². The van der Waals surface area contributed by atoms with Gasteiger partial charge in [-0.2, -0.15) is 0 Å². The number of benzene rings is 1. The van der Waals surface area contributed by atoms with Crippen LogP contribution in [0.5, 0.6) is 5.75 Å². The highest BCUT2D eigenvalue weighted by molar-refractivity contribution is 5.86. The van der Waals surface area contributed by atoms with Crippen molar-refractivity contribution >= 4 is 16.9 Å². The number of rotatable bonds is 7. The lowest BCUT2D eigenvalue weighted by Gasteiger charge is -2.06. The van der Waals surface area contributed by atoms with E-state index in [1.807, 2.05) is 42.0 Å². The van der Waals surface area contributed by atoms with Gasteiger partial charge in [-0.25, -0.2) is 4.79 Å². The number of carboxylic acid groups (broad SMARTS) is 1. The molecule has 0 spiro atoms. The minimum Gasteiger partial charge on any atom is -0.494 e. The predicted molar refractivity (Wildman–Crippen MR) is 83.7 cm³/mol. The number of allylic oxidation sites excluding steroid dienone is 1. The highest BCUT2D eigenvalue weighted by Crippen LogP contribution is 2.22. The molecule has 2 rings (SSSR count). The Bertz CT molecular complexity index is 655. The van der Waals surface area contributed by atoms with Crippen molar-refractivity contribution in [2.24, 2.45) is 0 Å². The average Bonchev–Trinajstić information content (AvgIpc) is 2.88. The van der Waals surface area contributed by atoms with E-state index in [9.17, 15) is 4.79 Å². The average molecular weight is 287 g/mol. The second-order valence-corrected chi connectivity index (χ2v) is 4.93. The smallest absolute Gasteiger partial charge is 0.331 e. The Kier molecular flexibility index (Phi) is 5.04. The molecule has 0 saturated heterocycles. The number of fused-ring (bicyclic) bond motifs is 1. The van der Waals surface area contributed by atoms with Gasteiger partial charge in [0.2, 0.25) is 0 Å². The summed E-state index contributed by atoms with van der Waals surface area (Å²) in [5.74, 6) is 0.0293. The Morgan fingerprint density at radius 2 is 2.14 bits per heavy atom. The van der Waals surface area contributed by atoms with Crippen LogP contribution in [0.1, 0.15) is 26.7 Å². The molecule has 0 radical (unpaired) electrons. The molecule has 21 heavy (non-hydrogen) atoms. The summed E-state index contributed by atoms with van der Waals surface area (Å²) in [5.41, 5.74) is 1.52. The highest BCUT2D eigenvalue weighted by atomic mass is 16.5. The Morgan fingerprint density at radius 1 is 1.33 bits per heavy atom. The summed E-state index contributed by atoms with van der Waals surface area (Å²) < 4.78 is 7.66. The number of aliphatic carboxylic acids is 1. The lowest BCUT2D eigenvalue weighted by atomic mass is 10.2. The maximum Gasteiger partial charge on any atom is 0.331 e. The minimum atomic E-state index is -0.843. The zero-order chi connectivity index (χ0) is 15.2. The number of nitrogens with zero attached hydrogens (tertiary/aromatic N) is 1. The molecule has 1 aromatic heterocycles. The highest BCUT2D eigenvalue weighted by Gasteiger charge is 2.05. The molecule has 0 aliphatic rings. The fourth-order valence-corrected chi connectivity index (χ4v) is 2.24. The van der Waals surface area contributed by atoms with Crippen LogP contribution in [0.4, 0.5) is 0 Å². The molecule has 1 heterocycles. The van der Waals surface area contributed by atoms with E-state index in [1.54, 1.807) is 6.08 Å². The standard InChI is InChI=1S/C17H21NO3/c1-3-11-21-15-5-6-16-14(12-15)8-10-18(16)9-7-13(4-2)17(19)20/h5-8,10,12H,3-4,9,11H2,1-2H3,(H,19,20)/b13-7-. The van der Waals surface area contributed by atoms with Gasteiger partial charge in [-0.3, -0.25) is 0 Å². The SMILES string of the molecule is CCCOc1ccc2c(ccn2C/C=C(/CC)C(=O)O)c1. The van der Waals surface area contributed by atoms with Crippen LogP contribution in [0.25, 0.3) is 10.9 Å². The van der Waals surface area contributed by atoms with E-state index in [1.165, 1.54) is 0 Å². The zero-order valence-electron chi connectivity index (χ0n) is 12.5. The van der Waals surface area contributed by atoms with Gasteiger partial charge in [-0.15, -0.1) is 0 Å². The molecule has 0 unspecified atom stereocenters. The molecule has 0 saturated carbocycles. The summed E-state index contributed by atoms with van der Waals surface area (Å²) in [5, 5.41) is 10.1. The number of carboxylic acids is 1. The zero-order valence-corrected chi connectivity index (χ0v) is 12.5.